The van der Waals surface area contributed by atoms with Crippen molar-refractivity contribution in [1.29, 1.82) is 0 Å². The van der Waals surface area contributed by atoms with Crippen LogP contribution in [0, 0.1) is 63.7 Å². The predicted molar refractivity (Wildman–Crippen MR) is 115 cm³/mol. The first-order valence-corrected chi connectivity index (χ1v) is 9.98. The van der Waals surface area contributed by atoms with Gasteiger partial charge in [0, 0.05) is 41.6 Å². The Labute approximate surface area is 187 Å². The normalized spacial score (nSPS) is 19.4. The molecule has 2 aromatic rings. The molecule has 29 heavy (non-hydrogen) atoms. The first-order chi connectivity index (χ1) is 13.9. The van der Waals surface area contributed by atoms with Crippen LogP contribution in [0.25, 0.3) is 11.3 Å². The van der Waals surface area contributed by atoms with Crippen molar-refractivity contribution in [2.75, 3.05) is 18.0 Å². The van der Waals surface area contributed by atoms with Crippen LogP contribution in [-0.2, 0) is 17.1 Å². The van der Waals surface area contributed by atoms with Crippen molar-refractivity contribution in [2.24, 2.45) is 0 Å². The molecule has 3 fully saturated rings. The van der Waals surface area contributed by atoms with Crippen LogP contribution in [0.15, 0.2) is 36.4 Å². The Kier molecular flexibility index (Phi) is 9.01. The zero-order chi connectivity index (χ0) is 19.0. The van der Waals surface area contributed by atoms with Gasteiger partial charge in [-0.1, -0.05) is 30.3 Å². The Bertz CT molecular complexity index is 710. The van der Waals surface area contributed by atoms with Crippen molar-refractivity contribution in [1.82, 2.24) is 9.97 Å². The molecule has 0 amide bonds. The molecular weight excluding hydrogens is 398 g/mol. The second-order valence-electron chi connectivity index (χ2n) is 6.99. The van der Waals surface area contributed by atoms with Gasteiger partial charge in [0.2, 0.25) is 5.95 Å². The zero-order valence-electron chi connectivity index (χ0n) is 16.4. The van der Waals surface area contributed by atoms with Crippen molar-refractivity contribution in [3.8, 4) is 11.3 Å². The van der Waals surface area contributed by atoms with Crippen LogP contribution in [0.4, 0.5) is 5.95 Å². The molecule has 1 aromatic carbocycles. The largest absolute Gasteiger partial charge is 0.341 e. The number of benzene rings is 1. The minimum atomic E-state index is 0. The topological polar surface area (TPSA) is 29.0 Å². The second-order valence-corrected chi connectivity index (χ2v) is 6.99. The minimum absolute atomic E-state index is 0. The fourth-order valence-corrected chi connectivity index (χ4v) is 3.44. The van der Waals surface area contributed by atoms with Crippen LogP contribution in [0.1, 0.15) is 25.0 Å². The first-order valence-electron chi connectivity index (χ1n) is 9.98. The Hall–Kier alpha value is -1.38. The number of piperidine rings is 1. The third kappa shape index (κ3) is 6.30. The Balaban J connectivity index is 0.000000352. The molecule has 3 nitrogen and oxygen atoms in total. The molecular formula is C25H25FeN3. The van der Waals surface area contributed by atoms with Crippen LogP contribution in [0.2, 0.25) is 0 Å². The molecule has 2 aliphatic carbocycles. The first kappa shape index (κ1) is 22.3. The molecule has 5 rings (SSSR count). The maximum Gasteiger partial charge on any atom is 0.226 e. The number of rotatable bonds is 3. The van der Waals surface area contributed by atoms with Crippen LogP contribution in [0.5, 0.6) is 0 Å². The van der Waals surface area contributed by atoms with Crippen LogP contribution in [-0.4, -0.2) is 23.1 Å². The molecule has 0 N–H and O–H groups in total. The summed E-state index contributed by atoms with van der Waals surface area (Å²) in [5, 5.41) is 0. The molecule has 3 aliphatic rings. The van der Waals surface area contributed by atoms with Gasteiger partial charge in [-0.3, -0.25) is 0 Å². The van der Waals surface area contributed by atoms with Gasteiger partial charge in [0.05, 0.1) is 11.4 Å². The van der Waals surface area contributed by atoms with E-state index in [-0.39, 0.29) is 17.1 Å². The van der Waals surface area contributed by atoms with E-state index in [0.717, 1.165) is 41.9 Å². The maximum atomic E-state index is 4.85. The summed E-state index contributed by atoms with van der Waals surface area (Å²) in [5.41, 5.74) is 3.14. The van der Waals surface area contributed by atoms with Gasteiger partial charge >= 0.3 is 0 Å². The van der Waals surface area contributed by atoms with Gasteiger partial charge in [-0.15, -0.1) is 0 Å². The van der Waals surface area contributed by atoms with E-state index in [1.54, 1.807) is 0 Å². The summed E-state index contributed by atoms with van der Waals surface area (Å²) in [6, 6.07) is 12.5. The van der Waals surface area contributed by atoms with E-state index in [1.807, 2.05) is 38.2 Å². The summed E-state index contributed by atoms with van der Waals surface area (Å²) in [7, 11) is 0. The predicted octanol–water partition coefficient (Wildman–Crippen LogP) is 4.91. The number of aromatic nitrogens is 2. The Morgan fingerprint density at radius 3 is 1.86 bits per heavy atom. The summed E-state index contributed by atoms with van der Waals surface area (Å²) < 4.78 is 0. The van der Waals surface area contributed by atoms with Crippen molar-refractivity contribution in [3.05, 3.63) is 106 Å². The summed E-state index contributed by atoms with van der Waals surface area (Å²) >= 11 is 0. The fraction of sp³-hybridized carbons (Fsp3) is 0.200. The summed E-state index contributed by atoms with van der Waals surface area (Å²) in [6.45, 7) is 2.11. The number of hydrogen-bond acceptors (Lipinski definition) is 3. The third-order valence-corrected chi connectivity index (χ3v) is 4.94. The van der Waals surface area contributed by atoms with Gasteiger partial charge in [0.25, 0.3) is 0 Å². The van der Waals surface area contributed by atoms with Crippen LogP contribution >= 0.6 is 0 Å². The molecule has 4 heteroatoms. The SMILES string of the molecule is [CH]1[CH][CH][CH][CH]1.[CH]1[CH][CH][C](c2cc(-c3ccccc3)nc(N3CCCCC3)n2)[CH]1.[Fe]. The van der Waals surface area contributed by atoms with E-state index in [1.165, 1.54) is 19.3 Å². The van der Waals surface area contributed by atoms with E-state index in [2.05, 4.69) is 60.9 Å². The van der Waals surface area contributed by atoms with Gasteiger partial charge in [0.1, 0.15) is 0 Å². The molecule has 1 saturated heterocycles. The number of nitrogens with zero attached hydrogens (tertiary/aromatic N) is 3. The van der Waals surface area contributed by atoms with E-state index in [4.69, 9.17) is 9.97 Å². The average Bonchev–Trinajstić information content (AvgIpc) is 3.52. The van der Waals surface area contributed by atoms with Crippen LogP contribution in [0.3, 0.4) is 0 Å². The van der Waals surface area contributed by atoms with E-state index in [9.17, 15) is 0 Å². The van der Waals surface area contributed by atoms with E-state index >= 15 is 0 Å². The van der Waals surface area contributed by atoms with Crippen molar-refractivity contribution in [2.45, 2.75) is 19.3 Å². The molecule has 2 heterocycles. The summed E-state index contributed by atoms with van der Waals surface area (Å²) in [4.78, 5) is 12.0. The van der Waals surface area contributed by atoms with Crippen molar-refractivity contribution >= 4 is 5.95 Å². The molecule has 0 bridgehead atoms. The molecule has 1 aliphatic heterocycles. The molecule has 0 spiro atoms. The maximum absolute atomic E-state index is 4.85. The molecule has 2 saturated carbocycles. The quantitative estimate of drug-likeness (QED) is 0.658. The fourth-order valence-electron chi connectivity index (χ4n) is 3.44. The van der Waals surface area contributed by atoms with Crippen LogP contribution < -0.4 is 4.90 Å². The molecule has 0 unspecified atom stereocenters. The summed E-state index contributed by atoms with van der Waals surface area (Å²) in [6.07, 6.45) is 22.1. The van der Waals surface area contributed by atoms with Gasteiger partial charge in [-0.05, 0) is 83.1 Å². The van der Waals surface area contributed by atoms with Gasteiger partial charge in [0.15, 0.2) is 0 Å². The minimum Gasteiger partial charge on any atom is -0.341 e. The van der Waals surface area contributed by atoms with Gasteiger partial charge in [-0.25, -0.2) is 9.97 Å². The standard InChI is InChI=1S/C20H20N3.C5H5.Fe/c1-3-9-16(10-4-1)18-15-19(17-11-5-6-12-17)22-20(21-18)23-13-7-2-8-14-23;1-2-4-5-3-1;/h1,3-6,9-12,15H,2,7-8,13-14H2;1-5H;. The molecule has 0 atom stereocenters. The smallest absolute Gasteiger partial charge is 0.226 e. The number of hydrogen-bond donors (Lipinski definition) is 0. The van der Waals surface area contributed by atoms with Gasteiger partial charge < -0.3 is 4.90 Å². The zero-order valence-corrected chi connectivity index (χ0v) is 17.5. The second kappa shape index (κ2) is 11.7. The summed E-state index contributed by atoms with van der Waals surface area (Å²) in [5.74, 6) is 2.02. The molecule has 1 aromatic heterocycles. The van der Waals surface area contributed by atoms with Crippen molar-refractivity contribution in [3.63, 3.8) is 0 Å². The van der Waals surface area contributed by atoms with E-state index in [0.29, 0.717) is 0 Å². The number of anilines is 1. The van der Waals surface area contributed by atoms with Gasteiger partial charge in [-0.2, -0.15) is 0 Å². The molecule has 10 radical (unpaired) electrons. The Morgan fingerprint density at radius 2 is 1.24 bits per heavy atom. The monoisotopic (exact) mass is 423 g/mol. The van der Waals surface area contributed by atoms with E-state index < -0.39 is 0 Å². The molecule has 148 valence electrons. The van der Waals surface area contributed by atoms with Crippen molar-refractivity contribution < 1.29 is 17.1 Å². The average molecular weight is 423 g/mol. The third-order valence-electron chi connectivity index (χ3n) is 4.94. The Morgan fingerprint density at radius 1 is 0.655 bits per heavy atom.